The van der Waals surface area contributed by atoms with E-state index in [9.17, 15) is 9.59 Å². The third-order valence-electron chi connectivity index (χ3n) is 7.00. The largest absolute Gasteiger partial charge is 0.497 e. The molecule has 0 saturated heterocycles. The fourth-order valence-corrected chi connectivity index (χ4v) is 5.36. The Bertz CT molecular complexity index is 1240. The van der Waals surface area contributed by atoms with Crippen molar-refractivity contribution in [2.45, 2.75) is 66.0 Å². The molecule has 8 heteroatoms. The maximum atomic E-state index is 12.4. The van der Waals surface area contributed by atoms with E-state index >= 15 is 0 Å². The molecule has 1 aliphatic carbocycles. The summed E-state index contributed by atoms with van der Waals surface area (Å²) in [6.07, 6.45) is 6.34. The summed E-state index contributed by atoms with van der Waals surface area (Å²) in [5.74, 6) is 0.350. The third kappa shape index (κ3) is 9.82. The molecular weight excluding hydrogens is 570 g/mol. The van der Waals surface area contributed by atoms with E-state index in [1.165, 1.54) is 49.8 Å². The number of esters is 1. The van der Waals surface area contributed by atoms with Gasteiger partial charge in [0.05, 0.1) is 19.3 Å². The molecule has 3 N–H and O–H groups in total. The lowest BCUT2D eigenvalue weighted by atomic mass is 9.93. The fourth-order valence-electron chi connectivity index (χ4n) is 4.86. The molecule has 1 saturated carbocycles. The van der Waals surface area contributed by atoms with E-state index in [0.29, 0.717) is 17.3 Å². The van der Waals surface area contributed by atoms with Gasteiger partial charge in [-0.05, 0) is 75.9 Å². The van der Waals surface area contributed by atoms with E-state index in [2.05, 4.69) is 51.3 Å². The number of benzene rings is 3. The predicted molar refractivity (Wildman–Crippen MR) is 168 cm³/mol. The molecule has 0 spiro atoms. The van der Waals surface area contributed by atoms with Crippen molar-refractivity contribution in [2.24, 2.45) is 0 Å². The molecule has 3 aromatic rings. The van der Waals surface area contributed by atoms with Gasteiger partial charge >= 0.3 is 5.97 Å². The maximum Gasteiger partial charge on any atom is 0.302 e. The first-order chi connectivity index (χ1) is 18.8. The summed E-state index contributed by atoms with van der Waals surface area (Å²) in [5, 5.41) is 5.24. The zero-order valence-corrected chi connectivity index (χ0v) is 24.8. The molecule has 218 valence electrons. The Kier molecular flexibility index (Phi) is 14.0. The average molecular weight is 615 g/mol. The monoisotopic (exact) mass is 613 g/mol. The second-order valence-electron chi connectivity index (χ2n) is 9.69. The van der Waals surface area contributed by atoms with Gasteiger partial charge in [-0.15, -0.1) is 0 Å². The van der Waals surface area contributed by atoms with Crippen molar-refractivity contribution in [1.29, 1.82) is 0 Å². The van der Waals surface area contributed by atoms with Crippen LogP contribution < -0.4 is 15.8 Å². The van der Waals surface area contributed by atoms with E-state index in [1.807, 2.05) is 30.3 Å². The topological polar surface area (TPSA) is 93.9 Å². The Morgan fingerprint density at radius 2 is 1.75 bits per heavy atom. The molecule has 1 amide bonds. The number of amides is 1. The van der Waals surface area contributed by atoms with Gasteiger partial charge in [0.25, 0.3) is 5.91 Å². The number of carbonyl (C=O) groups excluding carboxylic acids is 2. The summed E-state index contributed by atoms with van der Waals surface area (Å²) in [6, 6.07) is 18.5. The van der Waals surface area contributed by atoms with Crippen LogP contribution in [0.5, 0.6) is 5.75 Å². The highest BCUT2D eigenvalue weighted by molar-refractivity contribution is 9.10. The lowest BCUT2D eigenvalue weighted by Gasteiger charge is -2.34. The summed E-state index contributed by atoms with van der Waals surface area (Å²) in [4.78, 5) is 25.7. The van der Waals surface area contributed by atoms with Crippen LogP contribution in [0.3, 0.4) is 0 Å². The van der Waals surface area contributed by atoms with E-state index in [4.69, 9.17) is 15.2 Å². The Labute approximate surface area is 247 Å². The Hall–Kier alpha value is -3.10. The number of ether oxygens (including phenoxy) is 2. The second-order valence-corrected chi connectivity index (χ2v) is 10.5. The van der Waals surface area contributed by atoms with Gasteiger partial charge in [0.2, 0.25) is 0 Å². The zero-order chi connectivity index (χ0) is 28.2. The number of halogens is 1. The first kappa shape index (κ1) is 33.1. The van der Waals surface area contributed by atoms with E-state index in [1.54, 1.807) is 13.2 Å². The van der Waals surface area contributed by atoms with Gasteiger partial charge in [-0.3, -0.25) is 14.5 Å². The molecule has 0 heterocycles. The smallest absolute Gasteiger partial charge is 0.302 e. The summed E-state index contributed by atoms with van der Waals surface area (Å²) in [6.45, 7) is 5.65. The van der Waals surface area contributed by atoms with Crippen LogP contribution in [0.2, 0.25) is 0 Å². The summed E-state index contributed by atoms with van der Waals surface area (Å²) >= 11 is 3.48. The predicted octanol–water partition coefficient (Wildman–Crippen LogP) is 6.96. The normalized spacial score (nSPS) is 13.1. The first-order valence-corrected chi connectivity index (χ1v) is 14.4. The van der Waals surface area contributed by atoms with Gasteiger partial charge in [-0.25, -0.2) is 0 Å². The van der Waals surface area contributed by atoms with Crippen LogP contribution in [-0.2, 0) is 16.1 Å². The number of anilines is 1. The quantitative estimate of drug-likeness (QED) is 0.154. The molecule has 1 fully saturated rings. The van der Waals surface area contributed by atoms with Crippen molar-refractivity contribution in [3.8, 4) is 5.75 Å². The maximum absolute atomic E-state index is 12.4. The minimum atomic E-state index is -0.357. The molecule has 3 aromatic carbocycles. The standard InChI is InChI=1S/C20H30BrN3O3.C11H10O.CH4/c1-3-24(17-7-5-4-6-8-17)13-16-11-15(12-18(21)19(16)22)20(26)23-9-10-27-14(2)25;1-12-11-7-6-9-4-2-3-5-10(9)8-11;/h11-12,17H,3-10,13,22H2,1-2H3,(H,23,26);2-8H,1H3;1H4. The summed E-state index contributed by atoms with van der Waals surface area (Å²) in [5.41, 5.74) is 8.47. The van der Waals surface area contributed by atoms with Crippen molar-refractivity contribution >= 4 is 44.3 Å². The number of nitrogens with two attached hydrogens (primary N) is 1. The number of methoxy groups -OCH3 is 1. The number of hydrogen-bond donors (Lipinski definition) is 2. The van der Waals surface area contributed by atoms with E-state index in [-0.39, 0.29) is 32.5 Å². The van der Waals surface area contributed by atoms with E-state index < -0.39 is 0 Å². The Morgan fingerprint density at radius 3 is 2.40 bits per heavy atom. The molecule has 40 heavy (non-hydrogen) atoms. The number of nitrogens with zero attached hydrogens (tertiary/aromatic N) is 1. The van der Waals surface area contributed by atoms with Crippen LogP contribution in [0, 0.1) is 0 Å². The molecule has 7 nitrogen and oxygen atoms in total. The minimum Gasteiger partial charge on any atom is -0.497 e. The summed E-state index contributed by atoms with van der Waals surface area (Å²) < 4.78 is 10.7. The first-order valence-electron chi connectivity index (χ1n) is 13.6. The number of hydrogen-bond acceptors (Lipinski definition) is 6. The third-order valence-corrected chi connectivity index (χ3v) is 7.65. The average Bonchev–Trinajstić information content (AvgIpc) is 2.96. The molecule has 0 unspecified atom stereocenters. The molecule has 0 radical (unpaired) electrons. The molecular formula is C32H44BrN3O4. The van der Waals surface area contributed by atoms with Gasteiger partial charge in [-0.2, -0.15) is 0 Å². The number of rotatable bonds is 9. The number of carbonyl (C=O) groups is 2. The van der Waals surface area contributed by atoms with Crippen molar-refractivity contribution in [2.75, 3.05) is 32.5 Å². The van der Waals surface area contributed by atoms with Crippen molar-refractivity contribution < 1.29 is 19.1 Å². The molecule has 4 rings (SSSR count). The van der Waals surface area contributed by atoms with Crippen LogP contribution in [0.1, 0.15) is 69.3 Å². The van der Waals surface area contributed by atoms with Gasteiger partial charge in [-0.1, -0.05) is 63.9 Å². The number of fused-ring (bicyclic) bond motifs is 1. The van der Waals surface area contributed by atoms with Gasteiger partial charge in [0.1, 0.15) is 12.4 Å². The molecule has 1 aliphatic rings. The van der Waals surface area contributed by atoms with Crippen LogP contribution in [0.4, 0.5) is 5.69 Å². The molecule has 0 aromatic heterocycles. The fraction of sp³-hybridized carbons (Fsp3) is 0.438. The Morgan fingerprint density at radius 1 is 1.05 bits per heavy atom. The van der Waals surface area contributed by atoms with Crippen LogP contribution in [0.25, 0.3) is 10.8 Å². The highest BCUT2D eigenvalue weighted by atomic mass is 79.9. The summed E-state index contributed by atoms with van der Waals surface area (Å²) in [7, 11) is 1.68. The lowest BCUT2D eigenvalue weighted by Crippen LogP contribution is -2.36. The SMILES string of the molecule is C.CCN(Cc1cc(C(=O)NCCOC(C)=O)cc(Br)c1N)C1CCCCC1.COc1ccc2ccccc2c1. The van der Waals surface area contributed by atoms with Gasteiger partial charge in [0, 0.05) is 29.5 Å². The number of nitrogen functional groups attached to an aromatic ring is 1. The molecule has 0 aliphatic heterocycles. The minimum absolute atomic E-state index is 0. The second kappa shape index (κ2) is 16.9. The van der Waals surface area contributed by atoms with Crippen LogP contribution in [-0.4, -0.2) is 49.6 Å². The van der Waals surface area contributed by atoms with Crippen LogP contribution in [0.15, 0.2) is 59.1 Å². The number of nitrogens with one attached hydrogen (secondary N) is 1. The van der Waals surface area contributed by atoms with Crippen molar-refractivity contribution in [3.05, 3.63) is 70.2 Å². The highest BCUT2D eigenvalue weighted by Gasteiger charge is 2.22. The van der Waals surface area contributed by atoms with Crippen LogP contribution >= 0.6 is 15.9 Å². The Balaban J connectivity index is 0.000000358. The molecule has 0 bridgehead atoms. The highest BCUT2D eigenvalue weighted by Crippen LogP contribution is 2.29. The van der Waals surface area contributed by atoms with Gasteiger partial charge in [0.15, 0.2) is 0 Å². The van der Waals surface area contributed by atoms with Crippen molar-refractivity contribution in [3.63, 3.8) is 0 Å². The molecule has 0 atom stereocenters. The van der Waals surface area contributed by atoms with E-state index in [0.717, 1.165) is 28.9 Å². The van der Waals surface area contributed by atoms with Gasteiger partial charge < -0.3 is 20.5 Å². The lowest BCUT2D eigenvalue weighted by molar-refractivity contribution is -0.140. The zero-order valence-electron chi connectivity index (χ0n) is 23.2. The van der Waals surface area contributed by atoms with Crippen molar-refractivity contribution in [1.82, 2.24) is 10.2 Å².